The van der Waals surface area contributed by atoms with Crippen LogP contribution in [0.3, 0.4) is 0 Å². The second-order valence-corrected chi connectivity index (χ2v) is 8.47. The van der Waals surface area contributed by atoms with E-state index in [4.69, 9.17) is 10.5 Å². The number of likely N-dealkylation sites (N-methyl/N-ethyl adjacent to an activating group) is 1. The molecule has 1 aromatic rings. The summed E-state index contributed by atoms with van der Waals surface area (Å²) in [6, 6.07) is 3.51. The van der Waals surface area contributed by atoms with Crippen molar-refractivity contribution in [3.63, 3.8) is 0 Å². The molecular weight excluding hydrogens is 296 g/mol. The van der Waals surface area contributed by atoms with E-state index in [0.29, 0.717) is 17.3 Å². The minimum Gasteiger partial charge on any atom is -0.377 e. The van der Waals surface area contributed by atoms with Gasteiger partial charge in [-0.3, -0.25) is 0 Å². The van der Waals surface area contributed by atoms with Gasteiger partial charge in [0, 0.05) is 25.1 Å². The van der Waals surface area contributed by atoms with Crippen molar-refractivity contribution in [2.24, 2.45) is 5.73 Å². The molecule has 0 aliphatic carbocycles. The van der Waals surface area contributed by atoms with E-state index >= 15 is 0 Å². The van der Waals surface area contributed by atoms with Crippen LogP contribution in [-0.2, 0) is 21.2 Å². The van der Waals surface area contributed by atoms with Crippen LogP contribution in [0.15, 0.2) is 16.3 Å². The molecule has 114 valence electrons. The Bertz CT molecular complexity index is 521. The van der Waals surface area contributed by atoms with Crippen LogP contribution in [0.25, 0.3) is 0 Å². The first-order valence-corrected chi connectivity index (χ1v) is 9.16. The van der Waals surface area contributed by atoms with Crippen molar-refractivity contribution in [1.29, 1.82) is 0 Å². The molecule has 0 spiro atoms. The standard InChI is InChI=1S/C13H22N2O3S2/c1-15(10-11-4-2-3-9-18-11)20(16,17)13-6-5-12(19-13)7-8-14/h5-6,11H,2-4,7-10,14H2,1H3. The van der Waals surface area contributed by atoms with E-state index in [-0.39, 0.29) is 6.10 Å². The molecule has 0 radical (unpaired) electrons. The minimum atomic E-state index is -3.40. The lowest BCUT2D eigenvalue weighted by molar-refractivity contribution is 0.00860. The number of nitrogens with two attached hydrogens (primary N) is 1. The average molecular weight is 318 g/mol. The van der Waals surface area contributed by atoms with Gasteiger partial charge in [-0.05, 0) is 44.4 Å². The number of hydrogen-bond donors (Lipinski definition) is 1. The predicted molar refractivity (Wildman–Crippen MR) is 80.5 cm³/mol. The van der Waals surface area contributed by atoms with E-state index in [1.807, 2.05) is 6.07 Å². The number of sulfonamides is 1. The Morgan fingerprint density at radius 1 is 1.45 bits per heavy atom. The van der Waals surface area contributed by atoms with Gasteiger partial charge in [0.25, 0.3) is 10.0 Å². The van der Waals surface area contributed by atoms with Crippen molar-refractivity contribution < 1.29 is 13.2 Å². The quantitative estimate of drug-likeness (QED) is 0.861. The molecule has 0 aromatic carbocycles. The lowest BCUT2D eigenvalue weighted by Crippen LogP contribution is -2.36. The largest absolute Gasteiger partial charge is 0.377 e. The van der Waals surface area contributed by atoms with Crippen molar-refractivity contribution in [1.82, 2.24) is 4.31 Å². The molecule has 2 heterocycles. The number of rotatable bonds is 6. The monoisotopic (exact) mass is 318 g/mol. The third kappa shape index (κ3) is 3.79. The summed E-state index contributed by atoms with van der Waals surface area (Å²) in [6.45, 7) is 1.69. The Labute approximate surface area is 124 Å². The zero-order chi connectivity index (χ0) is 14.6. The zero-order valence-electron chi connectivity index (χ0n) is 11.7. The first-order chi connectivity index (χ1) is 9.54. The van der Waals surface area contributed by atoms with Crippen molar-refractivity contribution in [2.45, 2.75) is 36.0 Å². The minimum absolute atomic E-state index is 0.0204. The van der Waals surface area contributed by atoms with Gasteiger partial charge in [-0.2, -0.15) is 4.31 Å². The van der Waals surface area contributed by atoms with Crippen LogP contribution < -0.4 is 5.73 Å². The fraction of sp³-hybridized carbons (Fsp3) is 0.692. The summed E-state index contributed by atoms with van der Waals surface area (Å²) in [7, 11) is -1.78. The SMILES string of the molecule is CN(CC1CCCCO1)S(=O)(=O)c1ccc(CCN)s1. The van der Waals surface area contributed by atoms with Crippen LogP contribution in [0.5, 0.6) is 0 Å². The Hall–Kier alpha value is -0.470. The molecule has 1 saturated heterocycles. The Kier molecular flexibility index (Phi) is 5.57. The van der Waals surface area contributed by atoms with Gasteiger partial charge in [0.15, 0.2) is 0 Å². The molecule has 1 aromatic heterocycles. The molecule has 20 heavy (non-hydrogen) atoms. The summed E-state index contributed by atoms with van der Waals surface area (Å²) in [4.78, 5) is 1.01. The fourth-order valence-corrected chi connectivity index (χ4v) is 5.05. The van der Waals surface area contributed by atoms with Crippen LogP contribution in [0.2, 0.25) is 0 Å². The molecule has 2 N–H and O–H groups in total. The summed E-state index contributed by atoms with van der Waals surface area (Å²) in [5.41, 5.74) is 5.49. The van der Waals surface area contributed by atoms with E-state index in [2.05, 4.69) is 0 Å². The predicted octanol–water partition coefficient (Wildman–Crippen LogP) is 1.44. The Morgan fingerprint density at radius 3 is 2.90 bits per heavy atom. The van der Waals surface area contributed by atoms with Crippen LogP contribution in [-0.4, -0.2) is 45.6 Å². The van der Waals surface area contributed by atoms with Gasteiger partial charge >= 0.3 is 0 Å². The molecule has 0 saturated carbocycles. The first-order valence-electron chi connectivity index (χ1n) is 6.91. The second-order valence-electron chi connectivity index (χ2n) is 5.03. The van der Waals surface area contributed by atoms with Gasteiger partial charge in [0.1, 0.15) is 4.21 Å². The maximum absolute atomic E-state index is 12.5. The molecule has 1 fully saturated rings. The molecule has 0 amide bonds. The van der Waals surface area contributed by atoms with E-state index < -0.39 is 10.0 Å². The molecule has 1 aliphatic heterocycles. The number of hydrogen-bond acceptors (Lipinski definition) is 5. The first kappa shape index (κ1) is 15.9. The summed E-state index contributed by atoms with van der Waals surface area (Å²) in [5, 5.41) is 0. The van der Waals surface area contributed by atoms with Gasteiger partial charge in [0.05, 0.1) is 6.10 Å². The normalized spacial score (nSPS) is 20.4. The highest BCUT2D eigenvalue weighted by molar-refractivity contribution is 7.91. The Morgan fingerprint density at radius 2 is 2.25 bits per heavy atom. The highest BCUT2D eigenvalue weighted by Gasteiger charge is 2.26. The average Bonchev–Trinajstić information content (AvgIpc) is 2.89. The number of thiophene rings is 1. The van der Waals surface area contributed by atoms with Gasteiger partial charge < -0.3 is 10.5 Å². The van der Waals surface area contributed by atoms with E-state index in [1.54, 1.807) is 13.1 Å². The number of ether oxygens (including phenoxy) is 1. The second kappa shape index (κ2) is 7.00. The molecule has 1 atom stereocenters. The lowest BCUT2D eigenvalue weighted by Gasteiger charge is -2.26. The summed E-state index contributed by atoms with van der Waals surface area (Å²) in [5.74, 6) is 0. The maximum Gasteiger partial charge on any atom is 0.252 e. The van der Waals surface area contributed by atoms with Gasteiger partial charge in [-0.15, -0.1) is 11.3 Å². The third-order valence-corrected chi connectivity index (χ3v) is 6.86. The highest BCUT2D eigenvalue weighted by atomic mass is 32.2. The van der Waals surface area contributed by atoms with Crippen LogP contribution in [0.1, 0.15) is 24.1 Å². The lowest BCUT2D eigenvalue weighted by atomic mass is 10.1. The van der Waals surface area contributed by atoms with Gasteiger partial charge in [0.2, 0.25) is 0 Å². The summed E-state index contributed by atoms with van der Waals surface area (Å²) < 4.78 is 32.3. The molecule has 1 unspecified atom stereocenters. The smallest absolute Gasteiger partial charge is 0.252 e. The molecular formula is C13H22N2O3S2. The van der Waals surface area contributed by atoms with Crippen LogP contribution in [0.4, 0.5) is 0 Å². The van der Waals surface area contributed by atoms with Crippen LogP contribution >= 0.6 is 11.3 Å². The molecule has 7 heteroatoms. The topological polar surface area (TPSA) is 72.6 Å². The molecule has 2 rings (SSSR count). The highest BCUT2D eigenvalue weighted by Crippen LogP contribution is 2.25. The fourth-order valence-electron chi connectivity index (χ4n) is 2.26. The van der Waals surface area contributed by atoms with E-state index in [9.17, 15) is 8.42 Å². The van der Waals surface area contributed by atoms with Gasteiger partial charge in [-0.25, -0.2) is 8.42 Å². The van der Waals surface area contributed by atoms with E-state index in [0.717, 1.165) is 37.2 Å². The molecule has 1 aliphatic rings. The number of nitrogens with zero attached hydrogens (tertiary/aromatic N) is 1. The van der Waals surface area contributed by atoms with Crippen molar-refractivity contribution in [2.75, 3.05) is 26.7 Å². The van der Waals surface area contributed by atoms with E-state index in [1.165, 1.54) is 15.6 Å². The summed E-state index contributed by atoms with van der Waals surface area (Å²) >= 11 is 1.30. The molecule has 5 nitrogen and oxygen atoms in total. The molecule has 0 bridgehead atoms. The van der Waals surface area contributed by atoms with Crippen LogP contribution in [0, 0.1) is 0 Å². The van der Waals surface area contributed by atoms with Crippen molar-refractivity contribution >= 4 is 21.4 Å². The van der Waals surface area contributed by atoms with Crippen molar-refractivity contribution in [3.8, 4) is 0 Å². The van der Waals surface area contributed by atoms with Gasteiger partial charge in [-0.1, -0.05) is 0 Å². The van der Waals surface area contributed by atoms with Crippen molar-refractivity contribution in [3.05, 3.63) is 17.0 Å². The third-order valence-electron chi connectivity index (χ3n) is 3.43. The zero-order valence-corrected chi connectivity index (χ0v) is 13.4. The summed E-state index contributed by atoms with van der Waals surface area (Å²) in [6.07, 6.45) is 3.85. The maximum atomic E-state index is 12.5. The Balaban J connectivity index is 2.03.